The number of rotatable bonds is 4. The maximum absolute atomic E-state index is 10.9. The van der Waals surface area contributed by atoms with E-state index in [2.05, 4.69) is 16.7 Å². The Labute approximate surface area is 170 Å². The molecule has 0 unspecified atom stereocenters. The third kappa shape index (κ3) is 3.05. The Morgan fingerprint density at radius 3 is 2.69 bits per heavy atom. The monoisotopic (exact) mass is 391 g/mol. The van der Waals surface area contributed by atoms with Crippen molar-refractivity contribution in [3.63, 3.8) is 0 Å². The molecule has 2 aliphatic rings. The molecule has 2 heterocycles. The van der Waals surface area contributed by atoms with E-state index >= 15 is 0 Å². The fourth-order valence-corrected chi connectivity index (χ4v) is 5.00. The van der Waals surface area contributed by atoms with E-state index in [-0.39, 0.29) is 0 Å². The minimum Gasteiger partial charge on any atom is -0.497 e. The number of hydrogen-bond donors (Lipinski definition) is 0. The van der Waals surface area contributed by atoms with Crippen molar-refractivity contribution in [2.24, 2.45) is 0 Å². The van der Waals surface area contributed by atoms with Gasteiger partial charge in [0, 0.05) is 23.1 Å². The Morgan fingerprint density at radius 2 is 1.90 bits per heavy atom. The zero-order chi connectivity index (χ0) is 19.8. The van der Waals surface area contributed by atoms with E-state index in [0.717, 1.165) is 29.1 Å². The van der Waals surface area contributed by atoms with Crippen LogP contribution in [0, 0.1) is 0 Å². The van der Waals surface area contributed by atoms with Gasteiger partial charge >= 0.3 is 0 Å². The summed E-state index contributed by atoms with van der Waals surface area (Å²) in [6, 6.07) is 12.1. The quantitative estimate of drug-likeness (QED) is 0.567. The number of ether oxygens (including phenoxy) is 3. The Balaban J connectivity index is 1.79. The molecule has 150 valence electrons. The molecule has 1 saturated carbocycles. The molecule has 0 bridgehead atoms. The molecule has 5 rings (SSSR count). The van der Waals surface area contributed by atoms with Crippen molar-refractivity contribution in [3.05, 3.63) is 42.0 Å². The summed E-state index contributed by atoms with van der Waals surface area (Å²) in [5.74, 6) is 2.78. The molecule has 0 atom stereocenters. The number of hydrogen-bond acceptors (Lipinski definition) is 4. The van der Waals surface area contributed by atoms with E-state index in [9.17, 15) is 4.79 Å². The van der Waals surface area contributed by atoms with Gasteiger partial charge in [0.05, 0.1) is 24.9 Å². The lowest BCUT2D eigenvalue weighted by Crippen LogP contribution is -2.07. The molecule has 5 heteroatoms. The van der Waals surface area contributed by atoms with Crippen LogP contribution in [0.5, 0.6) is 17.2 Å². The van der Waals surface area contributed by atoms with Crippen molar-refractivity contribution in [2.45, 2.75) is 44.6 Å². The summed E-state index contributed by atoms with van der Waals surface area (Å²) in [4.78, 5) is 10.9. The van der Waals surface area contributed by atoms with Gasteiger partial charge in [0.15, 0.2) is 0 Å². The van der Waals surface area contributed by atoms with Crippen LogP contribution in [0.3, 0.4) is 0 Å². The van der Waals surface area contributed by atoms with Crippen molar-refractivity contribution in [1.29, 1.82) is 0 Å². The second kappa shape index (κ2) is 7.47. The van der Waals surface area contributed by atoms with Gasteiger partial charge < -0.3 is 18.8 Å². The zero-order valence-electron chi connectivity index (χ0n) is 16.6. The predicted molar refractivity (Wildman–Crippen MR) is 112 cm³/mol. The SMILES string of the molecule is COc1ccc2c(c1)OCCn1c-2c(C2CCCCC2)c2ccc(OC=O)cc21. The highest BCUT2D eigenvalue weighted by atomic mass is 16.5. The highest BCUT2D eigenvalue weighted by Crippen LogP contribution is 2.48. The van der Waals surface area contributed by atoms with E-state index in [1.165, 1.54) is 48.7 Å². The smallest absolute Gasteiger partial charge is 0.298 e. The summed E-state index contributed by atoms with van der Waals surface area (Å²) in [6.45, 7) is 1.82. The third-order valence-corrected chi connectivity index (χ3v) is 6.29. The Hall–Kier alpha value is -2.95. The number of carbonyl (C=O) groups is 1. The van der Waals surface area contributed by atoms with Crippen LogP contribution >= 0.6 is 0 Å². The third-order valence-electron chi connectivity index (χ3n) is 6.29. The lowest BCUT2D eigenvalue weighted by molar-refractivity contribution is -0.120. The van der Waals surface area contributed by atoms with E-state index in [1.807, 2.05) is 24.3 Å². The van der Waals surface area contributed by atoms with Crippen LogP contribution in [0.4, 0.5) is 0 Å². The topological polar surface area (TPSA) is 49.7 Å². The highest BCUT2D eigenvalue weighted by molar-refractivity contribution is 5.94. The minimum atomic E-state index is 0.486. The maximum Gasteiger partial charge on any atom is 0.298 e. The molecule has 0 radical (unpaired) electrons. The molecular weight excluding hydrogens is 366 g/mol. The molecular formula is C24H25NO4. The molecule has 0 saturated heterocycles. The highest BCUT2D eigenvalue weighted by Gasteiger charge is 2.29. The number of benzene rings is 2. The van der Waals surface area contributed by atoms with Crippen molar-refractivity contribution >= 4 is 17.4 Å². The van der Waals surface area contributed by atoms with Crippen LogP contribution in [-0.2, 0) is 11.3 Å². The first-order valence-corrected chi connectivity index (χ1v) is 10.4. The molecule has 0 N–H and O–H groups in total. The number of nitrogens with zero attached hydrogens (tertiary/aromatic N) is 1. The molecule has 5 nitrogen and oxygen atoms in total. The molecule has 0 amide bonds. The summed E-state index contributed by atoms with van der Waals surface area (Å²) in [5.41, 5.74) is 4.87. The first-order valence-electron chi connectivity index (χ1n) is 10.4. The van der Waals surface area contributed by atoms with Gasteiger partial charge in [0.25, 0.3) is 6.47 Å². The van der Waals surface area contributed by atoms with Crippen molar-refractivity contribution in [2.75, 3.05) is 13.7 Å². The first-order chi connectivity index (χ1) is 14.3. The van der Waals surface area contributed by atoms with Crippen molar-refractivity contribution < 1.29 is 19.0 Å². The number of carbonyl (C=O) groups excluding carboxylic acids is 1. The maximum atomic E-state index is 10.9. The molecule has 2 aromatic carbocycles. The van der Waals surface area contributed by atoms with Gasteiger partial charge in [-0.2, -0.15) is 0 Å². The van der Waals surface area contributed by atoms with E-state index < -0.39 is 0 Å². The molecule has 0 spiro atoms. The number of methoxy groups -OCH3 is 1. The number of aromatic nitrogens is 1. The molecule has 1 aliphatic heterocycles. The van der Waals surface area contributed by atoms with E-state index in [0.29, 0.717) is 24.7 Å². The summed E-state index contributed by atoms with van der Waals surface area (Å²) in [6.07, 6.45) is 6.29. The Bertz CT molecular complexity index is 1060. The fraction of sp³-hybridized carbons (Fsp3) is 0.375. The Kier molecular flexibility index (Phi) is 4.66. The molecule has 1 fully saturated rings. The van der Waals surface area contributed by atoms with Crippen molar-refractivity contribution in [1.82, 2.24) is 4.57 Å². The van der Waals surface area contributed by atoms with Crippen LogP contribution < -0.4 is 14.2 Å². The van der Waals surface area contributed by atoms with E-state index in [1.54, 1.807) is 7.11 Å². The summed E-state index contributed by atoms with van der Waals surface area (Å²) in [7, 11) is 1.68. The summed E-state index contributed by atoms with van der Waals surface area (Å²) < 4.78 is 19.0. The van der Waals surface area contributed by atoms with Gasteiger partial charge in [0.2, 0.25) is 0 Å². The van der Waals surface area contributed by atoms with Crippen molar-refractivity contribution in [3.8, 4) is 28.5 Å². The first kappa shape index (κ1) is 18.1. The second-order valence-corrected chi connectivity index (χ2v) is 7.85. The summed E-state index contributed by atoms with van der Waals surface area (Å²) in [5, 5.41) is 1.26. The molecule has 3 aromatic rings. The molecule has 1 aromatic heterocycles. The van der Waals surface area contributed by atoms with Crippen LogP contribution in [0.1, 0.15) is 43.6 Å². The fourth-order valence-electron chi connectivity index (χ4n) is 5.00. The van der Waals surface area contributed by atoms with Gasteiger partial charge in [-0.25, -0.2) is 0 Å². The normalized spacial score (nSPS) is 16.4. The van der Waals surface area contributed by atoms with Crippen LogP contribution in [-0.4, -0.2) is 24.8 Å². The average molecular weight is 391 g/mol. The minimum absolute atomic E-state index is 0.486. The molecule has 29 heavy (non-hydrogen) atoms. The lowest BCUT2D eigenvalue weighted by Gasteiger charge is -2.23. The van der Waals surface area contributed by atoms with Gasteiger partial charge in [0.1, 0.15) is 23.9 Å². The van der Waals surface area contributed by atoms with E-state index in [4.69, 9.17) is 14.2 Å². The van der Waals surface area contributed by atoms with Crippen LogP contribution in [0.15, 0.2) is 36.4 Å². The van der Waals surface area contributed by atoms with Crippen LogP contribution in [0.2, 0.25) is 0 Å². The second-order valence-electron chi connectivity index (χ2n) is 7.85. The largest absolute Gasteiger partial charge is 0.497 e. The van der Waals surface area contributed by atoms with Gasteiger partial charge in [-0.15, -0.1) is 0 Å². The average Bonchev–Trinajstić information content (AvgIpc) is 2.95. The van der Waals surface area contributed by atoms with Gasteiger partial charge in [-0.3, -0.25) is 4.79 Å². The van der Waals surface area contributed by atoms with Gasteiger partial charge in [-0.1, -0.05) is 19.3 Å². The number of fused-ring (bicyclic) bond motifs is 5. The summed E-state index contributed by atoms with van der Waals surface area (Å²) >= 11 is 0. The molecule has 1 aliphatic carbocycles. The standard InChI is InChI=1S/C24H25NO4/c1-27-17-7-10-20-22(14-17)28-12-11-25-21-13-18(29-15-26)8-9-19(21)23(24(20)25)16-5-3-2-4-6-16/h7-10,13-16H,2-6,11-12H2,1H3. The Morgan fingerprint density at radius 1 is 1.07 bits per heavy atom. The lowest BCUT2D eigenvalue weighted by atomic mass is 9.81. The predicted octanol–water partition coefficient (Wildman–Crippen LogP) is 5.29. The van der Waals surface area contributed by atoms with Crippen LogP contribution in [0.25, 0.3) is 22.2 Å². The zero-order valence-corrected chi connectivity index (χ0v) is 16.6. The van der Waals surface area contributed by atoms with Gasteiger partial charge in [-0.05, 0) is 48.6 Å².